The smallest absolute Gasteiger partial charge is 0.269 e. The van der Waals surface area contributed by atoms with Crippen LogP contribution in [0.15, 0.2) is 60.8 Å². The molecule has 3 rings (SSSR count). The van der Waals surface area contributed by atoms with Crippen molar-refractivity contribution in [1.29, 1.82) is 0 Å². The molecule has 0 saturated carbocycles. The monoisotopic (exact) mass is 449 g/mol. The van der Waals surface area contributed by atoms with E-state index in [4.69, 9.17) is 5.10 Å². The van der Waals surface area contributed by atoms with Gasteiger partial charge in [0.1, 0.15) is 0 Å². The molecular weight excluding hydrogens is 418 g/mol. The number of nitrogens with one attached hydrogen (secondary N) is 1. The zero-order valence-corrected chi connectivity index (χ0v) is 19.6. The number of rotatable bonds is 10. The molecule has 33 heavy (non-hydrogen) atoms. The van der Waals surface area contributed by atoms with Crippen molar-refractivity contribution < 1.29 is 9.72 Å². The van der Waals surface area contributed by atoms with Gasteiger partial charge in [0.05, 0.1) is 22.7 Å². The number of nitro groups is 1. The first kappa shape index (κ1) is 24.1. The Morgan fingerprint density at radius 2 is 1.70 bits per heavy atom. The fourth-order valence-electron chi connectivity index (χ4n) is 3.91. The van der Waals surface area contributed by atoms with Crippen LogP contribution in [-0.4, -0.2) is 50.7 Å². The molecule has 0 aliphatic rings. The van der Waals surface area contributed by atoms with Crippen molar-refractivity contribution in [2.45, 2.75) is 46.2 Å². The molecule has 1 aromatic heterocycles. The molecule has 1 N–H and O–H groups in total. The summed E-state index contributed by atoms with van der Waals surface area (Å²) in [4.78, 5) is 25.7. The molecule has 174 valence electrons. The largest absolute Gasteiger partial charge is 0.355 e. The maximum absolute atomic E-state index is 12.8. The van der Waals surface area contributed by atoms with Crippen LogP contribution in [-0.2, 0) is 11.2 Å². The summed E-state index contributed by atoms with van der Waals surface area (Å²) < 4.78 is 1.73. The van der Waals surface area contributed by atoms with Crippen LogP contribution >= 0.6 is 0 Å². The summed E-state index contributed by atoms with van der Waals surface area (Å²) in [5.74, 6) is -0.0850. The molecule has 0 unspecified atom stereocenters. The van der Waals surface area contributed by atoms with Gasteiger partial charge in [-0.15, -0.1) is 0 Å². The number of non-ortho nitro benzene ring substituents is 1. The fourth-order valence-corrected chi connectivity index (χ4v) is 3.91. The van der Waals surface area contributed by atoms with E-state index in [1.807, 2.05) is 36.5 Å². The Morgan fingerprint density at radius 3 is 2.27 bits per heavy atom. The van der Waals surface area contributed by atoms with E-state index >= 15 is 0 Å². The second-order valence-electron chi connectivity index (χ2n) is 8.54. The minimum absolute atomic E-state index is 0.0143. The van der Waals surface area contributed by atoms with E-state index in [0.717, 1.165) is 23.4 Å². The molecule has 1 amide bonds. The predicted octanol–water partition coefficient (Wildman–Crippen LogP) is 4.23. The van der Waals surface area contributed by atoms with Crippen LogP contribution in [0.25, 0.3) is 16.9 Å². The highest BCUT2D eigenvalue weighted by atomic mass is 16.6. The second kappa shape index (κ2) is 10.9. The maximum atomic E-state index is 12.8. The van der Waals surface area contributed by atoms with Crippen molar-refractivity contribution >= 4 is 11.6 Å². The first-order valence-corrected chi connectivity index (χ1v) is 11.2. The Labute approximate surface area is 194 Å². The number of hydrogen-bond acceptors (Lipinski definition) is 5. The van der Waals surface area contributed by atoms with Gasteiger partial charge in [-0.25, -0.2) is 4.68 Å². The van der Waals surface area contributed by atoms with Crippen LogP contribution < -0.4 is 5.32 Å². The van der Waals surface area contributed by atoms with Crippen molar-refractivity contribution in [1.82, 2.24) is 20.0 Å². The first-order valence-electron chi connectivity index (χ1n) is 11.2. The molecule has 3 aromatic rings. The summed E-state index contributed by atoms with van der Waals surface area (Å²) >= 11 is 0. The highest BCUT2D eigenvalue weighted by Gasteiger charge is 2.18. The minimum atomic E-state index is -0.432. The van der Waals surface area contributed by atoms with Gasteiger partial charge in [-0.1, -0.05) is 18.2 Å². The van der Waals surface area contributed by atoms with Gasteiger partial charge in [0, 0.05) is 54.6 Å². The maximum Gasteiger partial charge on any atom is 0.269 e. The van der Waals surface area contributed by atoms with E-state index in [0.29, 0.717) is 24.3 Å². The molecule has 0 saturated heterocycles. The summed E-state index contributed by atoms with van der Waals surface area (Å²) in [6.07, 6.45) is 2.02. The van der Waals surface area contributed by atoms with Crippen molar-refractivity contribution in [3.05, 3.63) is 76.5 Å². The van der Waals surface area contributed by atoms with E-state index in [1.54, 1.807) is 16.8 Å². The van der Waals surface area contributed by atoms with Gasteiger partial charge < -0.3 is 5.32 Å². The zero-order chi connectivity index (χ0) is 24.0. The second-order valence-corrected chi connectivity index (χ2v) is 8.54. The lowest BCUT2D eigenvalue weighted by Gasteiger charge is -2.30. The average molecular weight is 450 g/mol. The molecule has 0 bridgehead atoms. The van der Waals surface area contributed by atoms with Gasteiger partial charge in [-0.05, 0) is 52.0 Å². The van der Waals surface area contributed by atoms with Crippen LogP contribution in [0.4, 0.5) is 5.69 Å². The Balaban J connectivity index is 1.80. The number of carbonyl (C=O) groups excluding carboxylic acids is 1. The number of amides is 1. The highest BCUT2D eigenvalue weighted by molar-refractivity contribution is 5.81. The molecule has 0 aliphatic heterocycles. The van der Waals surface area contributed by atoms with Crippen molar-refractivity contribution in [3.63, 3.8) is 0 Å². The number of carbonyl (C=O) groups is 1. The number of benzene rings is 2. The predicted molar refractivity (Wildman–Crippen MR) is 129 cm³/mol. The summed E-state index contributed by atoms with van der Waals surface area (Å²) in [5, 5.41) is 18.7. The zero-order valence-electron chi connectivity index (χ0n) is 19.6. The van der Waals surface area contributed by atoms with E-state index in [9.17, 15) is 14.9 Å². The summed E-state index contributed by atoms with van der Waals surface area (Å²) in [7, 11) is 0. The summed E-state index contributed by atoms with van der Waals surface area (Å²) in [6.45, 7) is 9.94. The van der Waals surface area contributed by atoms with Gasteiger partial charge in [0.25, 0.3) is 5.69 Å². The van der Waals surface area contributed by atoms with E-state index in [-0.39, 0.29) is 18.0 Å². The molecular formula is C25H31N5O3. The van der Waals surface area contributed by atoms with Crippen LogP contribution in [0.1, 0.15) is 33.3 Å². The third kappa shape index (κ3) is 6.26. The standard InChI is InChI=1S/C25H31N5O3/c1-18(2)28(19(3)4)15-14-26-24(31)16-21-17-29(22-8-6-5-7-9-22)27-25(21)20-10-12-23(13-11-20)30(32)33/h5-13,17-19H,14-16H2,1-4H3,(H,26,31). The SMILES string of the molecule is CC(C)N(CCNC(=O)Cc1cn(-c2ccccc2)nc1-c1ccc([N+](=O)[O-])cc1)C(C)C. The van der Waals surface area contributed by atoms with Gasteiger partial charge >= 0.3 is 0 Å². The topological polar surface area (TPSA) is 93.3 Å². The Hall–Kier alpha value is -3.52. The van der Waals surface area contributed by atoms with Crippen LogP contribution in [0.3, 0.4) is 0 Å². The molecule has 0 radical (unpaired) electrons. The van der Waals surface area contributed by atoms with Gasteiger partial charge in [0.2, 0.25) is 5.91 Å². The molecule has 8 nitrogen and oxygen atoms in total. The van der Waals surface area contributed by atoms with Gasteiger partial charge in [-0.2, -0.15) is 5.10 Å². The molecule has 1 heterocycles. The van der Waals surface area contributed by atoms with E-state index in [1.165, 1.54) is 12.1 Å². The molecule has 0 atom stereocenters. The molecule has 0 fully saturated rings. The third-order valence-corrected chi connectivity index (χ3v) is 5.53. The first-order chi connectivity index (χ1) is 15.8. The molecule has 0 spiro atoms. The lowest BCUT2D eigenvalue weighted by atomic mass is 10.1. The molecule has 2 aromatic carbocycles. The van der Waals surface area contributed by atoms with Crippen LogP contribution in [0.2, 0.25) is 0 Å². The summed E-state index contributed by atoms with van der Waals surface area (Å²) in [5.41, 5.74) is 3.01. The minimum Gasteiger partial charge on any atom is -0.355 e. The lowest BCUT2D eigenvalue weighted by Crippen LogP contribution is -2.42. The number of para-hydroxylation sites is 1. The van der Waals surface area contributed by atoms with Gasteiger partial charge in [0.15, 0.2) is 0 Å². The van der Waals surface area contributed by atoms with Crippen LogP contribution in [0, 0.1) is 10.1 Å². The quantitative estimate of drug-likeness (QED) is 0.369. The fraction of sp³-hybridized carbons (Fsp3) is 0.360. The average Bonchev–Trinajstić information content (AvgIpc) is 3.20. The van der Waals surface area contributed by atoms with Crippen molar-refractivity contribution in [2.75, 3.05) is 13.1 Å². The lowest BCUT2D eigenvalue weighted by molar-refractivity contribution is -0.384. The Morgan fingerprint density at radius 1 is 1.06 bits per heavy atom. The number of nitrogens with zero attached hydrogens (tertiary/aromatic N) is 4. The Kier molecular flexibility index (Phi) is 7.95. The van der Waals surface area contributed by atoms with Crippen molar-refractivity contribution in [2.24, 2.45) is 0 Å². The Bertz CT molecular complexity index is 1070. The highest BCUT2D eigenvalue weighted by Crippen LogP contribution is 2.26. The number of aromatic nitrogens is 2. The van der Waals surface area contributed by atoms with E-state index in [2.05, 4.69) is 37.9 Å². The molecule has 0 aliphatic carbocycles. The summed E-state index contributed by atoms with van der Waals surface area (Å²) in [6, 6.07) is 16.7. The number of hydrogen-bond donors (Lipinski definition) is 1. The van der Waals surface area contributed by atoms with E-state index < -0.39 is 4.92 Å². The van der Waals surface area contributed by atoms with Crippen molar-refractivity contribution in [3.8, 4) is 16.9 Å². The molecule has 8 heteroatoms. The normalized spacial score (nSPS) is 11.4. The van der Waals surface area contributed by atoms with Crippen LogP contribution in [0.5, 0.6) is 0 Å². The third-order valence-electron chi connectivity index (χ3n) is 5.53. The number of nitro benzene ring substituents is 1. The van der Waals surface area contributed by atoms with Gasteiger partial charge in [-0.3, -0.25) is 19.8 Å².